The summed E-state index contributed by atoms with van der Waals surface area (Å²) in [5, 5.41) is 28.0. The Morgan fingerprint density at radius 2 is 2.00 bits per heavy atom. The highest BCUT2D eigenvalue weighted by molar-refractivity contribution is 7.11. The van der Waals surface area contributed by atoms with Gasteiger partial charge in [0, 0.05) is 18.5 Å². The SMILES string of the molecule is N#Cc1cncc2c(/N=N/c3cc(Cl)c(O)cc3Cl)snc12. The third-order valence-electron chi connectivity index (χ3n) is 2.76. The number of azo groups is 1. The molecule has 0 unspecified atom stereocenters. The second-order valence-electron chi connectivity index (χ2n) is 4.14. The van der Waals surface area contributed by atoms with Crippen LogP contribution in [-0.2, 0) is 0 Å². The Morgan fingerprint density at radius 3 is 2.77 bits per heavy atom. The van der Waals surface area contributed by atoms with E-state index in [0.717, 1.165) is 11.5 Å². The fraction of sp³-hybridized carbons (Fsp3) is 0. The zero-order valence-electron chi connectivity index (χ0n) is 10.7. The van der Waals surface area contributed by atoms with Crippen molar-refractivity contribution < 1.29 is 5.11 Å². The molecule has 3 rings (SSSR count). The molecule has 0 spiro atoms. The van der Waals surface area contributed by atoms with Crippen LogP contribution in [0, 0.1) is 11.3 Å². The van der Waals surface area contributed by atoms with Crippen LogP contribution in [0.3, 0.4) is 0 Å². The van der Waals surface area contributed by atoms with Gasteiger partial charge in [-0.15, -0.1) is 10.2 Å². The molecule has 0 saturated heterocycles. The largest absolute Gasteiger partial charge is 0.506 e. The maximum absolute atomic E-state index is 9.44. The second kappa shape index (κ2) is 5.85. The molecular weight excluding hydrogens is 345 g/mol. The van der Waals surface area contributed by atoms with Gasteiger partial charge in [-0.2, -0.15) is 9.64 Å². The number of nitriles is 1. The van der Waals surface area contributed by atoms with Gasteiger partial charge in [-0.25, -0.2) is 0 Å². The first-order valence-corrected chi connectivity index (χ1v) is 7.36. The maximum Gasteiger partial charge on any atom is 0.168 e. The molecule has 6 nitrogen and oxygen atoms in total. The number of halogens is 2. The number of pyridine rings is 1. The van der Waals surface area contributed by atoms with Crippen LogP contribution in [-0.4, -0.2) is 14.5 Å². The fourth-order valence-electron chi connectivity index (χ4n) is 1.70. The van der Waals surface area contributed by atoms with E-state index in [0.29, 0.717) is 27.2 Å². The normalized spacial score (nSPS) is 11.1. The number of aromatic nitrogens is 2. The molecule has 0 amide bonds. The van der Waals surface area contributed by atoms with Crippen LogP contribution >= 0.6 is 34.7 Å². The lowest BCUT2D eigenvalue weighted by atomic mass is 10.2. The van der Waals surface area contributed by atoms with Gasteiger partial charge in [0.2, 0.25) is 0 Å². The molecule has 0 saturated carbocycles. The van der Waals surface area contributed by atoms with Crippen LogP contribution in [0.1, 0.15) is 5.56 Å². The summed E-state index contributed by atoms with van der Waals surface area (Å²) in [5.41, 5.74) is 1.22. The summed E-state index contributed by atoms with van der Waals surface area (Å²) in [6.45, 7) is 0. The first kappa shape index (κ1) is 14.7. The van der Waals surface area contributed by atoms with Crippen molar-refractivity contribution in [2.45, 2.75) is 0 Å². The molecule has 0 bridgehead atoms. The molecule has 0 aliphatic carbocycles. The van der Waals surface area contributed by atoms with Gasteiger partial charge < -0.3 is 5.11 Å². The Hall–Kier alpha value is -2.27. The highest BCUT2D eigenvalue weighted by Crippen LogP contribution is 2.37. The van der Waals surface area contributed by atoms with Crippen molar-refractivity contribution in [2.24, 2.45) is 10.2 Å². The first-order valence-electron chi connectivity index (χ1n) is 5.83. The van der Waals surface area contributed by atoms with Gasteiger partial charge >= 0.3 is 0 Å². The minimum absolute atomic E-state index is 0.126. The average molecular weight is 350 g/mol. The summed E-state index contributed by atoms with van der Waals surface area (Å²) in [4.78, 5) is 3.98. The molecule has 22 heavy (non-hydrogen) atoms. The summed E-state index contributed by atoms with van der Waals surface area (Å²) < 4.78 is 4.18. The molecule has 2 aromatic heterocycles. The predicted octanol–water partition coefficient (Wildman–Crippen LogP) is 4.99. The van der Waals surface area contributed by atoms with Crippen LogP contribution in [0.4, 0.5) is 10.7 Å². The molecule has 0 radical (unpaired) electrons. The van der Waals surface area contributed by atoms with Gasteiger partial charge in [0.05, 0.1) is 21.0 Å². The average Bonchev–Trinajstić information content (AvgIpc) is 2.93. The van der Waals surface area contributed by atoms with E-state index >= 15 is 0 Å². The van der Waals surface area contributed by atoms with Crippen molar-refractivity contribution >= 4 is 56.3 Å². The van der Waals surface area contributed by atoms with E-state index in [1.165, 1.54) is 18.3 Å². The lowest BCUT2D eigenvalue weighted by Gasteiger charge is -2.00. The van der Waals surface area contributed by atoms with Crippen molar-refractivity contribution in [1.29, 1.82) is 5.26 Å². The number of fused-ring (bicyclic) bond motifs is 1. The van der Waals surface area contributed by atoms with Gasteiger partial charge in [-0.1, -0.05) is 23.2 Å². The quantitative estimate of drug-likeness (QED) is 0.659. The van der Waals surface area contributed by atoms with Crippen LogP contribution in [0.15, 0.2) is 34.8 Å². The lowest BCUT2D eigenvalue weighted by Crippen LogP contribution is -1.79. The number of phenols is 1. The number of aromatic hydroxyl groups is 1. The van der Waals surface area contributed by atoms with E-state index in [1.807, 2.05) is 6.07 Å². The van der Waals surface area contributed by atoms with Gasteiger partial charge in [0.1, 0.15) is 23.0 Å². The molecule has 0 aliphatic rings. The molecule has 0 fully saturated rings. The van der Waals surface area contributed by atoms with Crippen molar-refractivity contribution in [1.82, 2.24) is 9.36 Å². The summed E-state index contributed by atoms with van der Waals surface area (Å²) in [5.74, 6) is -0.128. The van der Waals surface area contributed by atoms with Crippen molar-refractivity contribution in [3.8, 4) is 11.8 Å². The monoisotopic (exact) mass is 349 g/mol. The summed E-state index contributed by atoms with van der Waals surface area (Å²) in [6.07, 6.45) is 3.01. The van der Waals surface area contributed by atoms with Crippen molar-refractivity contribution in [3.05, 3.63) is 40.1 Å². The molecule has 0 aliphatic heterocycles. The zero-order chi connectivity index (χ0) is 15.7. The van der Waals surface area contributed by atoms with Crippen LogP contribution < -0.4 is 0 Å². The second-order valence-corrected chi connectivity index (χ2v) is 5.70. The summed E-state index contributed by atoms with van der Waals surface area (Å²) in [6, 6.07) is 4.72. The van der Waals surface area contributed by atoms with E-state index in [-0.39, 0.29) is 15.8 Å². The Bertz CT molecular complexity index is 947. The minimum atomic E-state index is -0.128. The van der Waals surface area contributed by atoms with E-state index in [1.54, 1.807) is 6.20 Å². The number of rotatable bonds is 2. The molecule has 108 valence electrons. The minimum Gasteiger partial charge on any atom is -0.506 e. The Balaban J connectivity index is 2.04. The van der Waals surface area contributed by atoms with E-state index in [2.05, 4.69) is 19.6 Å². The molecular formula is C13H5Cl2N5OS. The number of nitrogens with zero attached hydrogens (tertiary/aromatic N) is 5. The standard InChI is InChI=1S/C13H5Cl2N5OS/c14-8-2-11(21)9(15)1-10(8)18-19-13-7-5-17-4-6(3-16)12(7)20-22-13/h1-2,4-5,21H/b19-18+. The molecule has 1 aromatic carbocycles. The molecule has 9 heteroatoms. The highest BCUT2D eigenvalue weighted by Gasteiger charge is 2.11. The zero-order valence-corrected chi connectivity index (χ0v) is 13.0. The Labute approximate surface area is 138 Å². The molecule has 0 atom stereocenters. The van der Waals surface area contributed by atoms with Gasteiger partial charge in [0.15, 0.2) is 5.00 Å². The summed E-state index contributed by atoms with van der Waals surface area (Å²) >= 11 is 12.9. The topological polar surface area (TPSA) is 94.5 Å². The number of benzene rings is 1. The third kappa shape index (κ3) is 2.60. The first-order chi connectivity index (χ1) is 10.6. The third-order valence-corrected chi connectivity index (χ3v) is 4.11. The van der Waals surface area contributed by atoms with E-state index in [9.17, 15) is 5.11 Å². The molecule has 2 heterocycles. The maximum atomic E-state index is 9.44. The summed E-state index contributed by atoms with van der Waals surface area (Å²) in [7, 11) is 0. The number of hydrogen-bond acceptors (Lipinski definition) is 7. The van der Waals surface area contributed by atoms with Crippen molar-refractivity contribution in [2.75, 3.05) is 0 Å². The van der Waals surface area contributed by atoms with Gasteiger partial charge in [-0.3, -0.25) is 4.98 Å². The van der Waals surface area contributed by atoms with Crippen LogP contribution in [0.25, 0.3) is 10.9 Å². The molecule has 1 N–H and O–H groups in total. The predicted molar refractivity (Wildman–Crippen MR) is 84.4 cm³/mol. The smallest absolute Gasteiger partial charge is 0.168 e. The fourth-order valence-corrected chi connectivity index (χ4v) is 2.76. The number of phenolic OH excluding ortho intramolecular Hbond substituents is 1. The van der Waals surface area contributed by atoms with Crippen LogP contribution in [0.5, 0.6) is 5.75 Å². The van der Waals surface area contributed by atoms with Crippen molar-refractivity contribution in [3.63, 3.8) is 0 Å². The van der Waals surface area contributed by atoms with E-state index < -0.39 is 0 Å². The molecule has 3 aromatic rings. The highest BCUT2D eigenvalue weighted by atomic mass is 35.5. The van der Waals surface area contributed by atoms with Crippen LogP contribution in [0.2, 0.25) is 10.0 Å². The van der Waals surface area contributed by atoms with E-state index in [4.69, 9.17) is 28.5 Å². The number of hydrogen-bond donors (Lipinski definition) is 1. The Kier molecular flexibility index (Phi) is 3.90. The van der Waals surface area contributed by atoms with Gasteiger partial charge in [-0.05, 0) is 17.6 Å². The lowest BCUT2D eigenvalue weighted by molar-refractivity contribution is 0.475. The van der Waals surface area contributed by atoms with Gasteiger partial charge in [0.25, 0.3) is 0 Å². The Morgan fingerprint density at radius 1 is 1.18 bits per heavy atom.